The van der Waals surface area contributed by atoms with Crippen molar-refractivity contribution in [2.45, 2.75) is 13.8 Å². The van der Waals surface area contributed by atoms with Crippen molar-refractivity contribution in [3.8, 4) is 5.75 Å². The summed E-state index contributed by atoms with van der Waals surface area (Å²) in [6.45, 7) is 3.47. The Kier molecular flexibility index (Phi) is 7.11. The number of carbonyl (C=O) groups is 2. The number of nitrogens with one attached hydrogen (secondary N) is 3. The molecule has 2 amide bonds. The fourth-order valence-electron chi connectivity index (χ4n) is 1.96. The Labute approximate surface area is 157 Å². The first-order valence-electron chi connectivity index (χ1n) is 8.13. The average Bonchev–Trinajstić information content (AvgIpc) is 2.61. The first-order chi connectivity index (χ1) is 12.4. The predicted molar refractivity (Wildman–Crippen MR) is 106 cm³/mol. The molecule has 0 saturated carbocycles. The van der Waals surface area contributed by atoms with Crippen LogP contribution in [0.4, 0.5) is 11.4 Å². The molecule has 0 atom stereocenters. The monoisotopic (exact) mass is 371 g/mol. The molecular formula is C19H21N3O3S. The highest BCUT2D eigenvalue weighted by Crippen LogP contribution is 2.15. The third-order valence-electron chi connectivity index (χ3n) is 3.28. The maximum Gasteiger partial charge on any atom is 0.262 e. The SMILES string of the molecule is CC(C)C(=O)NC(=S)Nc1cccc(NC(=O)COc2ccccc2)c1. The van der Waals surface area contributed by atoms with Crippen LogP contribution in [-0.2, 0) is 9.59 Å². The van der Waals surface area contributed by atoms with Crippen LogP contribution >= 0.6 is 12.2 Å². The highest BCUT2D eigenvalue weighted by Gasteiger charge is 2.09. The Morgan fingerprint density at radius 1 is 1.00 bits per heavy atom. The van der Waals surface area contributed by atoms with Gasteiger partial charge in [0.05, 0.1) is 0 Å². The van der Waals surface area contributed by atoms with Crippen molar-refractivity contribution in [3.63, 3.8) is 0 Å². The molecule has 0 bridgehead atoms. The van der Waals surface area contributed by atoms with Crippen LogP contribution in [0, 0.1) is 5.92 Å². The van der Waals surface area contributed by atoms with E-state index in [0.29, 0.717) is 17.1 Å². The van der Waals surface area contributed by atoms with Gasteiger partial charge in [0.25, 0.3) is 5.91 Å². The van der Waals surface area contributed by atoms with Crippen LogP contribution in [0.3, 0.4) is 0 Å². The molecule has 0 saturated heterocycles. The van der Waals surface area contributed by atoms with Crippen LogP contribution in [0.2, 0.25) is 0 Å². The van der Waals surface area contributed by atoms with E-state index < -0.39 is 0 Å². The summed E-state index contributed by atoms with van der Waals surface area (Å²) in [7, 11) is 0. The lowest BCUT2D eigenvalue weighted by Crippen LogP contribution is -2.36. The lowest BCUT2D eigenvalue weighted by atomic mass is 10.2. The van der Waals surface area contributed by atoms with E-state index in [9.17, 15) is 9.59 Å². The van der Waals surface area contributed by atoms with Gasteiger partial charge in [-0.15, -0.1) is 0 Å². The molecule has 26 heavy (non-hydrogen) atoms. The Bertz CT molecular complexity index is 779. The van der Waals surface area contributed by atoms with Crippen LogP contribution in [-0.4, -0.2) is 23.5 Å². The molecule has 0 aromatic heterocycles. The summed E-state index contributed by atoms with van der Waals surface area (Å²) in [5, 5.41) is 8.47. The van der Waals surface area contributed by atoms with Gasteiger partial charge in [-0.25, -0.2) is 0 Å². The maximum atomic E-state index is 12.0. The van der Waals surface area contributed by atoms with E-state index in [2.05, 4.69) is 16.0 Å². The summed E-state index contributed by atoms with van der Waals surface area (Å²) >= 11 is 5.11. The van der Waals surface area contributed by atoms with E-state index in [1.54, 1.807) is 50.2 Å². The van der Waals surface area contributed by atoms with Gasteiger partial charge in [0.2, 0.25) is 5.91 Å². The largest absolute Gasteiger partial charge is 0.484 e. The number of amides is 2. The molecule has 7 heteroatoms. The van der Waals surface area contributed by atoms with Gasteiger partial charge in [-0.3, -0.25) is 9.59 Å². The number of anilines is 2. The lowest BCUT2D eigenvalue weighted by Gasteiger charge is -2.12. The smallest absolute Gasteiger partial charge is 0.262 e. The minimum absolute atomic E-state index is 0.0927. The normalized spacial score (nSPS) is 10.1. The van der Waals surface area contributed by atoms with Crippen LogP contribution in [0.15, 0.2) is 54.6 Å². The summed E-state index contributed by atoms with van der Waals surface area (Å²) < 4.78 is 5.40. The molecule has 0 unspecified atom stereocenters. The number of rotatable bonds is 6. The highest BCUT2D eigenvalue weighted by molar-refractivity contribution is 7.80. The molecule has 3 N–H and O–H groups in total. The molecule has 0 radical (unpaired) electrons. The first kappa shape index (κ1) is 19.4. The molecular weight excluding hydrogens is 350 g/mol. The average molecular weight is 371 g/mol. The van der Waals surface area contributed by atoms with E-state index >= 15 is 0 Å². The summed E-state index contributed by atoms with van der Waals surface area (Å²) in [4.78, 5) is 23.6. The van der Waals surface area contributed by atoms with Crippen molar-refractivity contribution in [3.05, 3.63) is 54.6 Å². The topological polar surface area (TPSA) is 79.5 Å². The fraction of sp³-hybridized carbons (Fsp3) is 0.211. The molecule has 6 nitrogen and oxygen atoms in total. The van der Waals surface area contributed by atoms with Gasteiger partial charge >= 0.3 is 0 Å². The van der Waals surface area contributed by atoms with Crippen molar-refractivity contribution >= 4 is 40.5 Å². The van der Waals surface area contributed by atoms with E-state index in [-0.39, 0.29) is 29.5 Å². The van der Waals surface area contributed by atoms with Crippen molar-refractivity contribution in [2.24, 2.45) is 5.92 Å². The van der Waals surface area contributed by atoms with Crippen LogP contribution in [0.5, 0.6) is 5.75 Å². The molecule has 0 fully saturated rings. The number of carbonyl (C=O) groups excluding carboxylic acids is 2. The van der Waals surface area contributed by atoms with Gasteiger partial charge < -0.3 is 20.7 Å². The predicted octanol–water partition coefficient (Wildman–Crippen LogP) is 3.17. The fourth-order valence-corrected chi connectivity index (χ4v) is 2.17. The van der Waals surface area contributed by atoms with Gasteiger partial charge in [0.15, 0.2) is 11.7 Å². The molecule has 0 spiro atoms. The second kappa shape index (κ2) is 9.53. The maximum absolute atomic E-state index is 12.0. The molecule has 2 aromatic carbocycles. The number of para-hydroxylation sites is 1. The summed E-state index contributed by atoms with van der Waals surface area (Å²) in [6, 6.07) is 16.1. The van der Waals surface area contributed by atoms with E-state index in [1.807, 2.05) is 18.2 Å². The Morgan fingerprint density at radius 2 is 1.65 bits per heavy atom. The number of benzene rings is 2. The van der Waals surface area contributed by atoms with E-state index in [0.717, 1.165) is 0 Å². The number of ether oxygens (including phenoxy) is 1. The van der Waals surface area contributed by atoms with E-state index in [4.69, 9.17) is 17.0 Å². The second-order valence-corrected chi connectivity index (χ2v) is 6.24. The molecule has 2 rings (SSSR count). The molecule has 0 aliphatic rings. The zero-order chi connectivity index (χ0) is 18.9. The Morgan fingerprint density at radius 3 is 2.31 bits per heavy atom. The third kappa shape index (κ3) is 6.52. The molecule has 0 heterocycles. The minimum Gasteiger partial charge on any atom is -0.484 e. The lowest BCUT2D eigenvalue weighted by molar-refractivity contribution is -0.122. The molecule has 136 valence electrons. The third-order valence-corrected chi connectivity index (χ3v) is 3.48. The van der Waals surface area contributed by atoms with Crippen molar-refractivity contribution in [1.82, 2.24) is 5.32 Å². The number of thiocarbonyl (C=S) groups is 1. The summed E-state index contributed by atoms with van der Waals surface area (Å²) in [5.74, 6) is 0.0287. The van der Waals surface area contributed by atoms with Crippen molar-refractivity contribution in [2.75, 3.05) is 17.2 Å². The zero-order valence-corrected chi connectivity index (χ0v) is 15.4. The highest BCUT2D eigenvalue weighted by atomic mass is 32.1. The molecule has 0 aliphatic heterocycles. The first-order valence-corrected chi connectivity index (χ1v) is 8.54. The van der Waals surface area contributed by atoms with Crippen molar-refractivity contribution < 1.29 is 14.3 Å². The van der Waals surface area contributed by atoms with Gasteiger partial charge in [-0.05, 0) is 42.5 Å². The summed E-state index contributed by atoms with van der Waals surface area (Å²) in [6.07, 6.45) is 0. The zero-order valence-electron chi connectivity index (χ0n) is 14.6. The van der Waals surface area contributed by atoms with Crippen molar-refractivity contribution in [1.29, 1.82) is 0 Å². The Balaban J connectivity index is 1.87. The van der Waals surface area contributed by atoms with Gasteiger partial charge in [0, 0.05) is 17.3 Å². The number of hydrogen-bond donors (Lipinski definition) is 3. The molecule has 2 aromatic rings. The van der Waals surface area contributed by atoms with Gasteiger partial charge in [0.1, 0.15) is 5.75 Å². The minimum atomic E-state index is -0.276. The summed E-state index contributed by atoms with van der Waals surface area (Å²) in [5.41, 5.74) is 1.25. The molecule has 0 aliphatic carbocycles. The van der Waals surface area contributed by atoms with Crippen LogP contribution in [0.25, 0.3) is 0 Å². The number of hydrogen-bond acceptors (Lipinski definition) is 4. The standard InChI is InChI=1S/C19H21N3O3S/c1-13(2)18(24)22-19(26)21-15-8-6-7-14(11-15)20-17(23)12-25-16-9-4-3-5-10-16/h3-11,13H,12H2,1-2H3,(H,20,23)(H2,21,22,24,26). The quantitative estimate of drug-likeness (QED) is 0.680. The van der Waals surface area contributed by atoms with Gasteiger partial charge in [-0.1, -0.05) is 38.1 Å². The van der Waals surface area contributed by atoms with Crippen LogP contribution < -0.4 is 20.7 Å². The van der Waals surface area contributed by atoms with Crippen LogP contribution in [0.1, 0.15) is 13.8 Å². The second-order valence-electron chi connectivity index (χ2n) is 5.83. The Hall–Kier alpha value is -2.93. The van der Waals surface area contributed by atoms with E-state index in [1.165, 1.54) is 0 Å². The van der Waals surface area contributed by atoms with Gasteiger partial charge in [-0.2, -0.15) is 0 Å².